The summed E-state index contributed by atoms with van der Waals surface area (Å²) in [7, 11) is 0. The Balaban J connectivity index is 2.20. The molecule has 3 N–H and O–H groups in total. The van der Waals surface area contributed by atoms with Crippen LogP contribution < -0.4 is 11.1 Å². The number of halogens is 2. The Labute approximate surface area is 122 Å². The van der Waals surface area contributed by atoms with E-state index in [1.54, 1.807) is 6.07 Å². The number of aromatic nitrogens is 2. The maximum Gasteiger partial charge on any atom is 0.138 e. The van der Waals surface area contributed by atoms with E-state index in [0.29, 0.717) is 17.5 Å². The fourth-order valence-corrected chi connectivity index (χ4v) is 1.76. The van der Waals surface area contributed by atoms with Crippen LogP contribution in [0.5, 0.6) is 0 Å². The molecular weight excluding hydrogens is 274 g/mol. The quantitative estimate of drug-likeness (QED) is 0.911. The van der Waals surface area contributed by atoms with Crippen molar-refractivity contribution in [2.45, 2.75) is 32.7 Å². The van der Waals surface area contributed by atoms with E-state index >= 15 is 0 Å². The Hall–Kier alpha value is -2.24. The van der Waals surface area contributed by atoms with Gasteiger partial charge in [0.05, 0.1) is 0 Å². The molecule has 0 fully saturated rings. The van der Waals surface area contributed by atoms with E-state index in [4.69, 9.17) is 5.73 Å². The second-order valence-electron chi connectivity index (χ2n) is 5.84. The van der Waals surface area contributed by atoms with Gasteiger partial charge in [-0.2, -0.15) is 0 Å². The number of nitrogens with two attached hydrogens (primary N) is 1. The van der Waals surface area contributed by atoms with Gasteiger partial charge in [-0.15, -0.1) is 0 Å². The molecule has 0 bridgehead atoms. The predicted molar refractivity (Wildman–Crippen MR) is 78.8 cm³/mol. The van der Waals surface area contributed by atoms with Crippen molar-refractivity contribution in [3.8, 4) is 0 Å². The Morgan fingerprint density at radius 3 is 2.52 bits per heavy atom. The van der Waals surface area contributed by atoms with Crippen LogP contribution in [0.3, 0.4) is 0 Å². The molecule has 1 aromatic carbocycles. The third kappa shape index (κ3) is 3.87. The monoisotopic (exact) mass is 292 g/mol. The van der Waals surface area contributed by atoms with Crippen molar-refractivity contribution in [2.75, 3.05) is 11.1 Å². The van der Waals surface area contributed by atoms with Gasteiger partial charge in [0.2, 0.25) is 0 Å². The predicted octanol–water partition coefficient (Wildman–Crippen LogP) is 3.25. The first-order valence-electron chi connectivity index (χ1n) is 6.58. The topological polar surface area (TPSA) is 63.8 Å². The van der Waals surface area contributed by atoms with Crippen molar-refractivity contribution >= 4 is 11.6 Å². The van der Waals surface area contributed by atoms with E-state index in [0.717, 1.165) is 18.2 Å². The summed E-state index contributed by atoms with van der Waals surface area (Å²) in [5.41, 5.74) is 5.73. The number of nitrogens with zero attached hydrogens (tertiary/aromatic N) is 2. The van der Waals surface area contributed by atoms with Gasteiger partial charge in [-0.1, -0.05) is 20.8 Å². The first-order chi connectivity index (χ1) is 9.75. The van der Waals surface area contributed by atoms with E-state index in [1.165, 1.54) is 0 Å². The summed E-state index contributed by atoms with van der Waals surface area (Å²) in [6.07, 6.45) is 0. The van der Waals surface area contributed by atoms with E-state index in [-0.39, 0.29) is 17.5 Å². The normalized spacial score (nSPS) is 11.5. The van der Waals surface area contributed by atoms with Crippen molar-refractivity contribution in [3.63, 3.8) is 0 Å². The molecule has 21 heavy (non-hydrogen) atoms. The van der Waals surface area contributed by atoms with Gasteiger partial charge in [0.25, 0.3) is 0 Å². The number of hydrogen-bond donors (Lipinski definition) is 2. The van der Waals surface area contributed by atoms with Crippen molar-refractivity contribution < 1.29 is 8.78 Å². The van der Waals surface area contributed by atoms with Gasteiger partial charge in [-0.25, -0.2) is 18.7 Å². The van der Waals surface area contributed by atoms with Gasteiger partial charge < -0.3 is 11.1 Å². The molecule has 0 saturated carbocycles. The minimum atomic E-state index is -0.481. The average molecular weight is 292 g/mol. The van der Waals surface area contributed by atoms with Crippen LogP contribution in [-0.2, 0) is 12.0 Å². The second-order valence-corrected chi connectivity index (χ2v) is 5.84. The van der Waals surface area contributed by atoms with Gasteiger partial charge in [-0.05, 0) is 18.2 Å². The lowest BCUT2D eigenvalue weighted by molar-refractivity contribution is 0.546. The van der Waals surface area contributed by atoms with E-state index < -0.39 is 11.6 Å². The molecule has 4 nitrogen and oxygen atoms in total. The van der Waals surface area contributed by atoms with Crippen LogP contribution in [0.25, 0.3) is 0 Å². The third-order valence-corrected chi connectivity index (χ3v) is 2.88. The number of anilines is 2. The summed E-state index contributed by atoms with van der Waals surface area (Å²) >= 11 is 0. The maximum absolute atomic E-state index is 13.6. The van der Waals surface area contributed by atoms with Crippen LogP contribution in [0.15, 0.2) is 24.3 Å². The highest BCUT2D eigenvalue weighted by Crippen LogP contribution is 2.21. The molecule has 0 aliphatic rings. The SMILES string of the molecule is CC(C)(C)c1nc(N)cc(NCc2cc(F)ccc2F)n1. The zero-order valence-electron chi connectivity index (χ0n) is 12.2. The number of hydrogen-bond acceptors (Lipinski definition) is 4. The molecule has 1 heterocycles. The lowest BCUT2D eigenvalue weighted by atomic mass is 9.96. The van der Waals surface area contributed by atoms with Crippen LogP contribution in [-0.4, -0.2) is 9.97 Å². The minimum absolute atomic E-state index is 0.115. The molecule has 0 spiro atoms. The van der Waals surface area contributed by atoms with E-state index in [1.807, 2.05) is 20.8 Å². The Kier molecular flexibility index (Phi) is 4.06. The molecule has 2 aromatic rings. The first-order valence-corrected chi connectivity index (χ1v) is 6.58. The van der Waals surface area contributed by atoms with Crippen molar-refractivity contribution in [3.05, 3.63) is 47.3 Å². The van der Waals surface area contributed by atoms with Gasteiger partial charge in [0.1, 0.15) is 29.1 Å². The number of benzene rings is 1. The standard InChI is InChI=1S/C15H18F2N4/c1-15(2,3)14-20-12(18)7-13(21-14)19-8-9-6-10(16)4-5-11(9)17/h4-7H,8H2,1-3H3,(H3,18,19,20,21). The lowest BCUT2D eigenvalue weighted by Gasteiger charge is -2.18. The largest absolute Gasteiger partial charge is 0.384 e. The molecule has 0 atom stereocenters. The van der Waals surface area contributed by atoms with Crippen molar-refractivity contribution in [2.24, 2.45) is 0 Å². The molecule has 0 aliphatic carbocycles. The van der Waals surface area contributed by atoms with Crippen molar-refractivity contribution in [1.29, 1.82) is 0 Å². The van der Waals surface area contributed by atoms with Crippen molar-refractivity contribution in [1.82, 2.24) is 9.97 Å². The van der Waals surface area contributed by atoms with Crippen LogP contribution in [0.2, 0.25) is 0 Å². The fraction of sp³-hybridized carbons (Fsp3) is 0.333. The molecule has 112 valence electrons. The molecule has 0 saturated heterocycles. The van der Waals surface area contributed by atoms with E-state index in [2.05, 4.69) is 15.3 Å². The highest BCUT2D eigenvalue weighted by atomic mass is 19.1. The molecule has 0 aliphatic heterocycles. The van der Waals surface area contributed by atoms with E-state index in [9.17, 15) is 8.78 Å². The summed E-state index contributed by atoms with van der Waals surface area (Å²) in [6.45, 7) is 6.02. The van der Waals surface area contributed by atoms with Gasteiger partial charge in [0.15, 0.2) is 0 Å². The summed E-state index contributed by atoms with van der Waals surface area (Å²) in [5.74, 6) is 0.450. The Morgan fingerprint density at radius 1 is 1.14 bits per heavy atom. The molecule has 0 unspecified atom stereocenters. The summed E-state index contributed by atoms with van der Waals surface area (Å²) < 4.78 is 26.7. The molecule has 0 amide bonds. The first kappa shape index (κ1) is 15.2. The number of rotatable bonds is 3. The molecule has 1 aromatic heterocycles. The fourth-order valence-electron chi connectivity index (χ4n) is 1.76. The van der Waals surface area contributed by atoms with Gasteiger partial charge >= 0.3 is 0 Å². The maximum atomic E-state index is 13.6. The second kappa shape index (κ2) is 5.63. The highest BCUT2D eigenvalue weighted by molar-refractivity contribution is 5.45. The smallest absolute Gasteiger partial charge is 0.138 e. The molecule has 2 rings (SSSR count). The molecule has 6 heteroatoms. The summed E-state index contributed by atoms with van der Waals surface area (Å²) in [5, 5.41) is 2.94. The Bertz CT molecular complexity index is 651. The van der Waals surface area contributed by atoms with Crippen LogP contribution in [0, 0.1) is 11.6 Å². The summed E-state index contributed by atoms with van der Waals surface area (Å²) in [6, 6.07) is 4.89. The lowest BCUT2D eigenvalue weighted by Crippen LogP contribution is -2.18. The minimum Gasteiger partial charge on any atom is -0.384 e. The summed E-state index contributed by atoms with van der Waals surface area (Å²) in [4.78, 5) is 8.54. The van der Waals surface area contributed by atoms with Gasteiger partial charge in [-0.3, -0.25) is 0 Å². The highest BCUT2D eigenvalue weighted by Gasteiger charge is 2.18. The zero-order chi connectivity index (χ0) is 15.6. The third-order valence-electron chi connectivity index (χ3n) is 2.88. The number of nitrogen functional groups attached to an aromatic ring is 1. The molecule has 0 radical (unpaired) electrons. The average Bonchev–Trinajstić information content (AvgIpc) is 2.38. The zero-order valence-corrected chi connectivity index (χ0v) is 12.2. The molecular formula is C15H18F2N4. The van der Waals surface area contributed by atoms with Gasteiger partial charge in [0, 0.05) is 23.6 Å². The Morgan fingerprint density at radius 2 is 1.86 bits per heavy atom. The number of nitrogens with one attached hydrogen (secondary N) is 1. The van der Waals surface area contributed by atoms with Crippen LogP contribution >= 0.6 is 0 Å². The van der Waals surface area contributed by atoms with Crippen LogP contribution in [0.1, 0.15) is 32.2 Å². The van der Waals surface area contributed by atoms with Crippen LogP contribution in [0.4, 0.5) is 20.4 Å².